The standard InChI is InChI=1S/C86H172N4O20P2/c1-7-13-19-25-29-33-37-43-47-53-77(91)69-83(95)89-75(71-103-65-61-79(55-49-41-23-17-11-5)109-85(97)57-51-45-39-35-31-27-21-15-9-3)73-107-111(99,100)105-67-63-87-81(93)59-60-82(94)88-64-68-106-112(101,102)108-74-76(90-84(96)70-78(92)54-48-44-38-34-30-26-20-14-8-2)72-104-66-62-80(56-50-42-24-18-12-6)110-86(98)58-52-46-40-36-32-28-22-16-10-4/h75-77,79-81,84-85,87,90-91,93,96-97H,7-74H2,1-6H3,(H,88,94)(H,89,95)(H,99,100)(H,101,102)/p-2. The Labute approximate surface area is 681 Å². The molecule has 0 aliphatic carbocycles. The SMILES string of the molecule is CCCCCCCCCCCC(=O)CC(O)NC(COCCC(CCCCCCC)OC(=O)CCCCCCCCCCC)COP(=O)([O-])OCCNC(=O)CCC(O)NCCOP(=O)([O-])OCC(COCCC(CCCCCCC)OC(O)CCCCCCCCCCC)NC(=O)CC(O)CCCCCCCCCCC. The molecule has 0 aromatic rings. The molecule has 10 atom stereocenters. The highest BCUT2D eigenvalue weighted by Gasteiger charge is 2.24. The summed E-state index contributed by atoms with van der Waals surface area (Å²) < 4.78 is 71.1. The van der Waals surface area contributed by atoms with Crippen LogP contribution >= 0.6 is 15.6 Å². The lowest BCUT2D eigenvalue weighted by Crippen LogP contribution is -2.45. The minimum absolute atomic E-state index is 0.111. The zero-order valence-electron chi connectivity index (χ0n) is 71.9. The van der Waals surface area contributed by atoms with Gasteiger partial charge in [0.05, 0.1) is 77.0 Å². The van der Waals surface area contributed by atoms with Gasteiger partial charge in [-0.3, -0.25) is 38.9 Å². The smallest absolute Gasteiger partial charge is 0.306 e. The normalized spacial score (nSPS) is 15.1. The molecule has 0 fully saturated rings. The van der Waals surface area contributed by atoms with Gasteiger partial charge in [0.1, 0.15) is 24.3 Å². The van der Waals surface area contributed by atoms with Crippen LogP contribution in [0.25, 0.3) is 0 Å². The predicted octanol–water partition coefficient (Wildman–Crippen LogP) is 18.1. The van der Waals surface area contributed by atoms with Gasteiger partial charge in [0.15, 0.2) is 6.29 Å². The summed E-state index contributed by atoms with van der Waals surface area (Å²) >= 11 is 0. The number of ether oxygens (including phenoxy) is 4. The lowest BCUT2D eigenvalue weighted by atomic mass is 10.0. The number of phosphoric acid groups is 2. The number of ketones is 1. The van der Waals surface area contributed by atoms with Gasteiger partial charge in [-0.2, -0.15) is 0 Å². The number of Topliss-reactive ketones (excluding diaryl/α,β-unsaturated/α-hetero) is 1. The van der Waals surface area contributed by atoms with Gasteiger partial charge in [-0.25, -0.2) is 0 Å². The summed E-state index contributed by atoms with van der Waals surface area (Å²) in [5.74, 6) is -1.39. The van der Waals surface area contributed by atoms with Crippen LogP contribution in [0.5, 0.6) is 0 Å². The molecule has 0 aliphatic heterocycles. The van der Waals surface area contributed by atoms with Crippen LogP contribution in [0.15, 0.2) is 0 Å². The largest absolute Gasteiger partial charge is 0.756 e. The van der Waals surface area contributed by atoms with E-state index in [0.29, 0.717) is 51.4 Å². The molecule has 0 heterocycles. The van der Waals surface area contributed by atoms with Crippen LogP contribution < -0.4 is 31.1 Å². The van der Waals surface area contributed by atoms with Crippen LogP contribution in [-0.2, 0) is 65.4 Å². The van der Waals surface area contributed by atoms with E-state index >= 15 is 0 Å². The highest BCUT2D eigenvalue weighted by Crippen LogP contribution is 2.39. The first-order valence-electron chi connectivity index (χ1n) is 45.7. The van der Waals surface area contributed by atoms with E-state index in [1.807, 2.05) is 0 Å². The number of aliphatic hydroxyl groups is 4. The Balaban J connectivity index is 5.56. The van der Waals surface area contributed by atoms with Gasteiger partial charge >= 0.3 is 5.97 Å². The number of rotatable bonds is 90. The molecule has 666 valence electrons. The van der Waals surface area contributed by atoms with Crippen molar-refractivity contribution < 1.29 is 95.6 Å². The number of carbonyl (C=O) groups excluding carboxylic acids is 4. The van der Waals surface area contributed by atoms with Crippen molar-refractivity contribution in [2.75, 3.05) is 65.9 Å². The number of amides is 2. The summed E-state index contributed by atoms with van der Waals surface area (Å²) in [6, 6.07) is -1.85. The van der Waals surface area contributed by atoms with E-state index in [1.165, 1.54) is 141 Å². The van der Waals surface area contributed by atoms with E-state index in [2.05, 4.69) is 62.8 Å². The fourth-order valence-corrected chi connectivity index (χ4v) is 15.1. The second kappa shape index (κ2) is 80.0. The zero-order valence-corrected chi connectivity index (χ0v) is 73.7. The molecule has 24 nitrogen and oxygen atoms in total. The van der Waals surface area contributed by atoms with Crippen molar-refractivity contribution in [1.82, 2.24) is 21.3 Å². The Kier molecular flexibility index (Phi) is 78.6. The average molecular weight is 1640 g/mol. The Morgan fingerprint density at radius 1 is 0.357 bits per heavy atom. The highest BCUT2D eigenvalue weighted by atomic mass is 31.2. The molecule has 0 radical (unpaired) electrons. The molecule has 8 N–H and O–H groups in total. The maximum Gasteiger partial charge on any atom is 0.306 e. The number of unbranched alkanes of at least 4 members (excludes halogenated alkanes) is 40. The van der Waals surface area contributed by atoms with Crippen molar-refractivity contribution in [3.05, 3.63) is 0 Å². The van der Waals surface area contributed by atoms with Crippen molar-refractivity contribution in [2.24, 2.45) is 0 Å². The maximum atomic E-state index is 13.3. The number of hydrogen-bond donors (Lipinski definition) is 8. The minimum atomic E-state index is -4.99. The Hall–Kier alpha value is -2.06. The molecule has 0 spiro atoms. The molecule has 0 saturated heterocycles. The number of nitrogens with one attached hydrogen (secondary N) is 4. The second-order valence-corrected chi connectivity index (χ2v) is 34.4. The van der Waals surface area contributed by atoms with Crippen molar-refractivity contribution >= 4 is 39.2 Å². The summed E-state index contributed by atoms with van der Waals surface area (Å²) in [6.45, 7) is 10.9. The van der Waals surface area contributed by atoms with Gasteiger partial charge in [0.25, 0.3) is 15.6 Å². The molecule has 0 bridgehead atoms. The van der Waals surface area contributed by atoms with Crippen molar-refractivity contribution in [3.63, 3.8) is 0 Å². The van der Waals surface area contributed by atoms with E-state index in [-0.39, 0.29) is 89.2 Å². The van der Waals surface area contributed by atoms with E-state index in [1.54, 1.807) is 0 Å². The predicted molar refractivity (Wildman–Crippen MR) is 446 cm³/mol. The molecule has 26 heteroatoms. The third kappa shape index (κ3) is 76.6. The molecule has 0 rings (SSSR count). The zero-order chi connectivity index (χ0) is 82.5. The minimum Gasteiger partial charge on any atom is -0.756 e. The molecule has 0 aromatic heterocycles. The molecule has 0 saturated carbocycles. The quantitative estimate of drug-likeness (QED) is 0.0121. The second-order valence-electron chi connectivity index (χ2n) is 31.6. The third-order valence-electron chi connectivity index (χ3n) is 20.5. The number of hydrogen-bond acceptors (Lipinski definition) is 22. The molecular formula is C86H170N4O20P2-2. The Morgan fingerprint density at radius 3 is 1.21 bits per heavy atom. The summed E-state index contributed by atoms with van der Waals surface area (Å²) in [6.07, 6.45) is 49.7. The number of phosphoric ester groups is 2. The fourth-order valence-electron chi connectivity index (χ4n) is 13.6. The molecule has 10 unspecified atom stereocenters. The van der Waals surface area contributed by atoms with Gasteiger partial charge in [-0.05, 0) is 64.2 Å². The number of carbonyl (C=O) groups is 4. The van der Waals surface area contributed by atoms with E-state index in [0.717, 1.165) is 154 Å². The van der Waals surface area contributed by atoms with E-state index in [4.69, 9.17) is 37.0 Å². The maximum absolute atomic E-state index is 13.3. The van der Waals surface area contributed by atoms with Gasteiger partial charge < -0.3 is 77.9 Å². The van der Waals surface area contributed by atoms with Crippen LogP contribution in [0.4, 0.5) is 0 Å². The van der Waals surface area contributed by atoms with Gasteiger partial charge in [0, 0.05) is 51.8 Å². The van der Waals surface area contributed by atoms with E-state index in [9.17, 15) is 58.5 Å². The number of aliphatic hydroxyl groups excluding tert-OH is 4. The van der Waals surface area contributed by atoms with Gasteiger partial charge in [0.2, 0.25) is 11.8 Å². The molecule has 0 aliphatic rings. The third-order valence-corrected chi connectivity index (χ3v) is 22.4. The van der Waals surface area contributed by atoms with E-state index < -0.39 is 90.8 Å². The summed E-state index contributed by atoms with van der Waals surface area (Å²) in [4.78, 5) is 78.3. The lowest BCUT2D eigenvalue weighted by molar-refractivity contribution is -0.227. The summed E-state index contributed by atoms with van der Waals surface area (Å²) in [7, 11) is -9.98. The van der Waals surface area contributed by atoms with Crippen LogP contribution in [0.3, 0.4) is 0 Å². The lowest BCUT2D eigenvalue weighted by Gasteiger charge is -2.27. The fraction of sp³-hybridized carbons (Fsp3) is 0.953. The molecular weight excluding hydrogens is 1470 g/mol. The van der Waals surface area contributed by atoms with Gasteiger partial charge in [-0.15, -0.1) is 0 Å². The summed E-state index contributed by atoms with van der Waals surface area (Å²) in [5, 5.41) is 54.3. The molecule has 112 heavy (non-hydrogen) atoms. The van der Waals surface area contributed by atoms with Crippen LogP contribution in [0, 0.1) is 0 Å². The monoisotopic (exact) mass is 1640 g/mol. The van der Waals surface area contributed by atoms with Crippen LogP contribution in [-0.4, -0.2) is 159 Å². The van der Waals surface area contributed by atoms with Crippen LogP contribution in [0.1, 0.15) is 414 Å². The Morgan fingerprint density at radius 2 is 0.741 bits per heavy atom. The topological polar surface area (TPSA) is 351 Å². The van der Waals surface area contributed by atoms with Crippen molar-refractivity contribution in [3.8, 4) is 0 Å². The molecule has 0 aromatic carbocycles. The average Bonchev–Trinajstić information content (AvgIpc) is 0.914. The van der Waals surface area contributed by atoms with Crippen molar-refractivity contribution in [1.29, 1.82) is 0 Å². The first-order valence-corrected chi connectivity index (χ1v) is 48.6. The first-order chi connectivity index (χ1) is 54.2. The Bertz CT molecular complexity index is 2220. The molecule has 2 amide bonds. The highest BCUT2D eigenvalue weighted by molar-refractivity contribution is 7.46. The van der Waals surface area contributed by atoms with Gasteiger partial charge in [-0.1, -0.05) is 311 Å². The first kappa shape index (κ1) is 110. The summed E-state index contributed by atoms with van der Waals surface area (Å²) in [5.41, 5.74) is 0. The van der Waals surface area contributed by atoms with Crippen LogP contribution in [0.2, 0.25) is 0 Å². The number of esters is 1. The van der Waals surface area contributed by atoms with Crippen molar-refractivity contribution in [2.45, 2.75) is 463 Å².